The maximum absolute atomic E-state index is 10.7. The minimum Gasteiger partial charge on any atom is -0.478 e. The summed E-state index contributed by atoms with van der Waals surface area (Å²) in [4.78, 5) is 10.7. The number of carboxylic acids is 1. The van der Waals surface area contributed by atoms with E-state index in [4.69, 9.17) is 5.11 Å². The van der Waals surface area contributed by atoms with Crippen molar-refractivity contribution < 1.29 is 9.90 Å². The number of nitrogens with one attached hydrogen (secondary N) is 1. The van der Waals surface area contributed by atoms with Crippen molar-refractivity contribution in [1.29, 1.82) is 0 Å². The number of rotatable bonds is 5. The van der Waals surface area contributed by atoms with Crippen LogP contribution in [0.25, 0.3) is 11.1 Å². The third kappa shape index (κ3) is 3.22. The fraction of sp³-hybridized carbons (Fsp3) is 0.0625. The van der Waals surface area contributed by atoms with Gasteiger partial charge in [0.1, 0.15) is 0 Å². The maximum atomic E-state index is 10.7. The second kappa shape index (κ2) is 5.87. The first-order valence-corrected chi connectivity index (χ1v) is 5.98. The molecule has 2 aromatic rings. The lowest BCUT2D eigenvalue weighted by atomic mass is 10.0. The van der Waals surface area contributed by atoms with E-state index in [-0.39, 0.29) is 12.1 Å². The van der Waals surface area contributed by atoms with Crippen LogP contribution in [0.15, 0.2) is 66.7 Å². The molecule has 0 saturated heterocycles. The van der Waals surface area contributed by atoms with Gasteiger partial charge in [-0.15, -0.1) is 0 Å². The van der Waals surface area contributed by atoms with Gasteiger partial charge >= 0.3 is 5.97 Å². The van der Waals surface area contributed by atoms with Gasteiger partial charge in [0.2, 0.25) is 0 Å². The van der Waals surface area contributed by atoms with Gasteiger partial charge < -0.3 is 10.4 Å². The Labute approximate surface area is 112 Å². The normalized spacial score (nSPS) is 9.89. The van der Waals surface area contributed by atoms with Gasteiger partial charge in [-0.3, -0.25) is 0 Å². The topological polar surface area (TPSA) is 49.3 Å². The number of hydrogen-bond acceptors (Lipinski definition) is 2. The lowest BCUT2D eigenvalue weighted by molar-refractivity contribution is -0.132. The molecule has 0 aliphatic heterocycles. The molecule has 0 radical (unpaired) electrons. The molecule has 0 bridgehead atoms. The Balaban J connectivity index is 2.22. The number of anilines is 1. The second-order valence-corrected chi connectivity index (χ2v) is 4.17. The van der Waals surface area contributed by atoms with Crippen LogP contribution in [0.4, 0.5) is 5.69 Å². The van der Waals surface area contributed by atoms with E-state index in [2.05, 4.69) is 11.9 Å². The van der Waals surface area contributed by atoms with Gasteiger partial charge in [-0.25, -0.2) is 4.79 Å². The zero-order chi connectivity index (χ0) is 13.7. The Morgan fingerprint density at radius 1 is 1.05 bits per heavy atom. The van der Waals surface area contributed by atoms with E-state index < -0.39 is 5.97 Å². The van der Waals surface area contributed by atoms with E-state index in [1.54, 1.807) is 0 Å². The van der Waals surface area contributed by atoms with Crippen LogP contribution in [0.3, 0.4) is 0 Å². The summed E-state index contributed by atoms with van der Waals surface area (Å²) in [5.41, 5.74) is 3.17. The van der Waals surface area contributed by atoms with Crippen LogP contribution in [0.1, 0.15) is 0 Å². The van der Waals surface area contributed by atoms with Gasteiger partial charge in [-0.05, 0) is 11.6 Å². The van der Waals surface area contributed by atoms with Crippen molar-refractivity contribution in [2.45, 2.75) is 0 Å². The number of carbonyl (C=O) groups is 1. The van der Waals surface area contributed by atoms with E-state index in [0.717, 1.165) is 16.8 Å². The van der Waals surface area contributed by atoms with Crippen molar-refractivity contribution >= 4 is 11.7 Å². The molecule has 0 saturated carbocycles. The third-order valence-corrected chi connectivity index (χ3v) is 2.81. The molecule has 0 atom stereocenters. The summed E-state index contributed by atoms with van der Waals surface area (Å²) in [7, 11) is 0. The predicted octanol–water partition coefficient (Wildman–Crippen LogP) is 3.41. The fourth-order valence-electron chi connectivity index (χ4n) is 1.78. The zero-order valence-electron chi connectivity index (χ0n) is 10.5. The van der Waals surface area contributed by atoms with Gasteiger partial charge in [0.25, 0.3) is 0 Å². The Morgan fingerprint density at radius 3 is 2.37 bits per heavy atom. The lowest BCUT2D eigenvalue weighted by Gasteiger charge is -2.12. The molecule has 19 heavy (non-hydrogen) atoms. The van der Waals surface area contributed by atoms with Gasteiger partial charge in [0.05, 0.1) is 0 Å². The molecule has 0 fully saturated rings. The standard InChI is InChI=1S/C16H15NO2/c1-12(16(18)19)11-17-15-10-6-5-9-14(15)13-7-3-2-4-8-13/h2-10,17H,1,11H2,(H,18,19). The number of benzene rings is 2. The molecule has 0 heterocycles. The SMILES string of the molecule is C=C(CNc1ccccc1-c1ccccc1)C(=O)O. The molecule has 2 N–H and O–H groups in total. The number of aliphatic carboxylic acids is 1. The summed E-state index contributed by atoms with van der Waals surface area (Å²) in [6, 6.07) is 17.8. The van der Waals surface area contributed by atoms with Crippen molar-refractivity contribution in [3.63, 3.8) is 0 Å². The molecule has 0 aliphatic rings. The fourth-order valence-corrected chi connectivity index (χ4v) is 1.78. The van der Waals surface area contributed by atoms with Gasteiger partial charge in [0.15, 0.2) is 0 Å². The molecule has 0 aromatic heterocycles. The second-order valence-electron chi connectivity index (χ2n) is 4.17. The van der Waals surface area contributed by atoms with E-state index >= 15 is 0 Å². The Hall–Kier alpha value is -2.55. The molecule has 0 amide bonds. The summed E-state index contributed by atoms with van der Waals surface area (Å²) >= 11 is 0. The minimum absolute atomic E-state index is 0.142. The first kappa shape index (κ1) is 12.9. The highest BCUT2D eigenvalue weighted by Gasteiger charge is 2.06. The number of para-hydroxylation sites is 1. The monoisotopic (exact) mass is 253 g/mol. The average molecular weight is 253 g/mol. The molecular formula is C16H15NO2. The molecule has 96 valence electrons. The van der Waals surface area contributed by atoms with Crippen LogP contribution in [-0.2, 0) is 4.79 Å². The van der Waals surface area contributed by atoms with E-state index in [1.807, 2.05) is 54.6 Å². The molecule has 3 heteroatoms. The van der Waals surface area contributed by atoms with Crippen LogP contribution >= 0.6 is 0 Å². The van der Waals surface area contributed by atoms with Gasteiger partial charge in [-0.2, -0.15) is 0 Å². The minimum atomic E-state index is -0.982. The average Bonchev–Trinajstić information content (AvgIpc) is 2.46. The zero-order valence-corrected chi connectivity index (χ0v) is 10.5. The van der Waals surface area contributed by atoms with Crippen LogP contribution < -0.4 is 5.32 Å². The lowest BCUT2D eigenvalue weighted by Crippen LogP contribution is -2.11. The van der Waals surface area contributed by atoms with E-state index in [1.165, 1.54) is 0 Å². The molecule has 3 nitrogen and oxygen atoms in total. The summed E-state index contributed by atoms with van der Waals surface area (Å²) in [6.07, 6.45) is 0. The highest BCUT2D eigenvalue weighted by molar-refractivity contribution is 5.87. The Kier molecular flexibility index (Phi) is 3.98. The van der Waals surface area contributed by atoms with E-state index in [9.17, 15) is 4.79 Å². The summed E-state index contributed by atoms with van der Waals surface area (Å²) in [5, 5.41) is 11.9. The molecule has 0 aliphatic carbocycles. The van der Waals surface area contributed by atoms with Crippen LogP contribution in [0.2, 0.25) is 0 Å². The van der Waals surface area contributed by atoms with Gasteiger partial charge in [0, 0.05) is 23.4 Å². The van der Waals surface area contributed by atoms with Gasteiger partial charge in [-0.1, -0.05) is 55.1 Å². The van der Waals surface area contributed by atoms with Crippen molar-refractivity contribution in [1.82, 2.24) is 0 Å². The Bertz CT molecular complexity index is 591. The highest BCUT2D eigenvalue weighted by atomic mass is 16.4. The molecule has 2 rings (SSSR count). The summed E-state index contributed by atoms with van der Waals surface area (Å²) in [6.45, 7) is 3.73. The predicted molar refractivity (Wildman–Crippen MR) is 77.1 cm³/mol. The van der Waals surface area contributed by atoms with Crippen molar-refractivity contribution in [3.05, 3.63) is 66.7 Å². The largest absolute Gasteiger partial charge is 0.478 e. The Morgan fingerprint density at radius 2 is 1.68 bits per heavy atom. The summed E-state index contributed by atoms with van der Waals surface area (Å²) in [5.74, 6) is -0.982. The van der Waals surface area contributed by atoms with Crippen LogP contribution in [-0.4, -0.2) is 17.6 Å². The van der Waals surface area contributed by atoms with Crippen LogP contribution in [0, 0.1) is 0 Å². The highest BCUT2D eigenvalue weighted by Crippen LogP contribution is 2.27. The van der Waals surface area contributed by atoms with Crippen molar-refractivity contribution in [2.75, 3.05) is 11.9 Å². The van der Waals surface area contributed by atoms with Crippen molar-refractivity contribution in [2.24, 2.45) is 0 Å². The first-order chi connectivity index (χ1) is 9.18. The molecular weight excluding hydrogens is 238 g/mol. The third-order valence-electron chi connectivity index (χ3n) is 2.81. The molecule has 2 aromatic carbocycles. The number of carboxylic acid groups (broad SMARTS) is 1. The van der Waals surface area contributed by atoms with Crippen LogP contribution in [0.5, 0.6) is 0 Å². The quantitative estimate of drug-likeness (QED) is 0.803. The smallest absolute Gasteiger partial charge is 0.332 e. The first-order valence-electron chi connectivity index (χ1n) is 5.98. The van der Waals surface area contributed by atoms with Crippen molar-refractivity contribution in [3.8, 4) is 11.1 Å². The molecule has 0 spiro atoms. The summed E-state index contributed by atoms with van der Waals surface area (Å²) < 4.78 is 0. The maximum Gasteiger partial charge on any atom is 0.332 e. The molecule has 0 unspecified atom stereocenters. The number of hydrogen-bond donors (Lipinski definition) is 2. The van der Waals surface area contributed by atoms with E-state index in [0.29, 0.717) is 0 Å².